The van der Waals surface area contributed by atoms with Crippen molar-refractivity contribution in [3.05, 3.63) is 34.6 Å². The van der Waals surface area contributed by atoms with Crippen LogP contribution in [0, 0.1) is 29.1 Å². The molecule has 0 spiro atoms. The summed E-state index contributed by atoms with van der Waals surface area (Å²) in [6.07, 6.45) is 1.01. The van der Waals surface area contributed by atoms with Gasteiger partial charge in [-0.05, 0) is 26.3 Å². The summed E-state index contributed by atoms with van der Waals surface area (Å²) >= 11 is 0. The van der Waals surface area contributed by atoms with Gasteiger partial charge in [0.05, 0.1) is 0 Å². The number of amides is 1. The average molecular weight is 308 g/mol. The van der Waals surface area contributed by atoms with Gasteiger partial charge in [0.2, 0.25) is 5.82 Å². The highest BCUT2D eigenvalue weighted by molar-refractivity contribution is 5.95. The first-order valence-electron chi connectivity index (χ1n) is 6.38. The van der Waals surface area contributed by atoms with Gasteiger partial charge in [0.1, 0.15) is 5.56 Å². The summed E-state index contributed by atoms with van der Waals surface area (Å²) in [7, 11) is 0. The molecule has 0 saturated carbocycles. The van der Waals surface area contributed by atoms with Crippen molar-refractivity contribution in [2.24, 2.45) is 0 Å². The second-order valence-electron chi connectivity index (χ2n) is 4.99. The van der Waals surface area contributed by atoms with Crippen LogP contribution in [-0.4, -0.2) is 24.5 Å². The SMILES string of the molecule is CC1CC(NC(=O)c2c(F)c(F)c(F)c(F)c2F)CCN1. The standard InChI is InChI=1S/C13H13F5N2O/c1-5-4-6(2-3-19-5)20-13(21)7-8(14)10(16)12(18)11(17)9(7)15/h5-6,19H,2-4H2,1H3,(H,20,21). The summed E-state index contributed by atoms with van der Waals surface area (Å²) in [6.45, 7) is 2.44. The average Bonchev–Trinajstić information content (AvgIpc) is 2.43. The van der Waals surface area contributed by atoms with Crippen LogP contribution in [0.3, 0.4) is 0 Å². The van der Waals surface area contributed by atoms with Crippen molar-refractivity contribution in [3.63, 3.8) is 0 Å². The Kier molecular flexibility index (Phi) is 4.46. The van der Waals surface area contributed by atoms with E-state index in [4.69, 9.17) is 0 Å². The fourth-order valence-corrected chi connectivity index (χ4v) is 2.32. The smallest absolute Gasteiger partial charge is 0.257 e. The topological polar surface area (TPSA) is 41.1 Å². The van der Waals surface area contributed by atoms with Crippen molar-refractivity contribution in [1.29, 1.82) is 0 Å². The van der Waals surface area contributed by atoms with E-state index in [2.05, 4.69) is 10.6 Å². The van der Waals surface area contributed by atoms with Crippen LogP contribution in [0.1, 0.15) is 30.1 Å². The molecule has 0 aliphatic carbocycles. The zero-order valence-electron chi connectivity index (χ0n) is 11.1. The van der Waals surface area contributed by atoms with Crippen molar-refractivity contribution in [2.75, 3.05) is 6.54 Å². The maximum atomic E-state index is 13.5. The lowest BCUT2D eigenvalue weighted by Crippen LogP contribution is -2.47. The van der Waals surface area contributed by atoms with Crippen LogP contribution in [0.4, 0.5) is 22.0 Å². The lowest BCUT2D eigenvalue weighted by atomic mass is 10.00. The lowest BCUT2D eigenvalue weighted by molar-refractivity contribution is 0.0913. The number of benzene rings is 1. The van der Waals surface area contributed by atoms with E-state index >= 15 is 0 Å². The third-order valence-electron chi connectivity index (χ3n) is 3.40. The summed E-state index contributed by atoms with van der Waals surface area (Å²) in [6, 6.07) is -0.302. The van der Waals surface area contributed by atoms with Crippen LogP contribution >= 0.6 is 0 Å². The lowest BCUT2D eigenvalue weighted by Gasteiger charge is -2.28. The molecule has 0 radical (unpaired) electrons. The molecule has 21 heavy (non-hydrogen) atoms. The molecule has 116 valence electrons. The van der Waals surface area contributed by atoms with Gasteiger partial charge in [-0.25, -0.2) is 22.0 Å². The number of carbonyl (C=O) groups excluding carboxylic acids is 1. The Morgan fingerprint density at radius 3 is 2.10 bits per heavy atom. The number of piperidine rings is 1. The first-order valence-corrected chi connectivity index (χ1v) is 6.38. The van der Waals surface area contributed by atoms with Crippen LogP contribution < -0.4 is 10.6 Å². The fourth-order valence-electron chi connectivity index (χ4n) is 2.32. The second-order valence-corrected chi connectivity index (χ2v) is 4.99. The Balaban J connectivity index is 2.27. The summed E-state index contributed by atoms with van der Waals surface area (Å²) in [5, 5.41) is 5.41. The van der Waals surface area contributed by atoms with E-state index < -0.39 is 40.6 Å². The molecule has 3 nitrogen and oxygen atoms in total. The molecule has 2 atom stereocenters. The third-order valence-corrected chi connectivity index (χ3v) is 3.40. The van der Waals surface area contributed by atoms with E-state index in [0.29, 0.717) is 19.4 Å². The maximum absolute atomic E-state index is 13.5. The van der Waals surface area contributed by atoms with Crippen molar-refractivity contribution in [3.8, 4) is 0 Å². The molecule has 0 bridgehead atoms. The number of carbonyl (C=O) groups is 1. The van der Waals surface area contributed by atoms with Gasteiger partial charge in [-0.3, -0.25) is 4.79 Å². The quantitative estimate of drug-likeness (QED) is 0.500. The zero-order valence-corrected chi connectivity index (χ0v) is 11.1. The van der Waals surface area contributed by atoms with Gasteiger partial charge in [0.25, 0.3) is 5.91 Å². The second kappa shape index (κ2) is 5.97. The first-order chi connectivity index (χ1) is 9.82. The highest BCUT2D eigenvalue weighted by atomic mass is 19.2. The Morgan fingerprint density at radius 2 is 1.57 bits per heavy atom. The van der Waals surface area contributed by atoms with Crippen molar-refractivity contribution >= 4 is 5.91 Å². The Morgan fingerprint density at radius 1 is 1.05 bits per heavy atom. The minimum atomic E-state index is -2.28. The van der Waals surface area contributed by atoms with Crippen molar-refractivity contribution in [2.45, 2.75) is 31.8 Å². The molecule has 0 aromatic heterocycles. The number of hydrogen-bond donors (Lipinski definition) is 2. The molecular formula is C13H13F5N2O. The summed E-state index contributed by atoms with van der Waals surface area (Å²) < 4.78 is 66.0. The van der Waals surface area contributed by atoms with Gasteiger partial charge >= 0.3 is 0 Å². The molecule has 1 aliphatic rings. The van der Waals surface area contributed by atoms with E-state index in [-0.39, 0.29) is 12.1 Å². The fraction of sp³-hybridized carbons (Fsp3) is 0.462. The molecule has 2 unspecified atom stereocenters. The molecule has 8 heteroatoms. The van der Waals surface area contributed by atoms with Gasteiger partial charge in [-0.15, -0.1) is 0 Å². The van der Waals surface area contributed by atoms with E-state index in [1.807, 2.05) is 6.92 Å². The minimum Gasteiger partial charge on any atom is -0.349 e. The minimum absolute atomic E-state index is 0.0837. The molecule has 1 aromatic carbocycles. The Hall–Kier alpha value is -1.70. The first kappa shape index (κ1) is 15.7. The maximum Gasteiger partial charge on any atom is 0.257 e. The monoisotopic (exact) mass is 308 g/mol. The summed E-state index contributed by atoms with van der Waals surface area (Å²) in [5.74, 6) is -12.1. The Bertz CT molecular complexity index is 549. The van der Waals surface area contributed by atoms with Gasteiger partial charge in [0.15, 0.2) is 23.3 Å². The Labute approximate surface area is 117 Å². The highest BCUT2D eigenvalue weighted by Crippen LogP contribution is 2.23. The zero-order chi connectivity index (χ0) is 15.7. The molecule has 1 amide bonds. The van der Waals surface area contributed by atoms with Crippen LogP contribution in [0.5, 0.6) is 0 Å². The van der Waals surface area contributed by atoms with Crippen molar-refractivity contribution < 1.29 is 26.7 Å². The molecule has 1 saturated heterocycles. The van der Waals surface area contributed by atoms with Crippen molar-refractivity contribution in [1.82, 2.24) is 10.6 Å². The molecule has 1 aliphatic heterocycles. The van der Waals surface area contributed by atoms with Gasteiger partial charge < -0.3 is 10.6 Å². The predicted octanol–water partition coefficient (Wildman–Crippen LogP) is 2.25. The molecule has 2 N–H and O–H groups in total. The number of hydrogen-bond acceptors (Lipinski definition) is 2. The summed E-state index contributed by atoms with van der Waals surface area (Å²) in [5.41, 5.74) is -1.45. The van der Waals surface area contributed by atoms with E-state index in [1.54, 1.807) is 0 Å². The molecule has 2 rings (SSSR count). The van der Waals surface area contributed by atoms with Crippen LogP contribution in [0.15, 0.2) is 0 Å². The van der Waals surface area contributed by atoms with E-state index in [9.17, 15) is 26.7 Å². The van der Waals surface area contributed by atoms with Crippen LogP contribution in [0.2, 0.25) is 0 Å². The molecular weight excluding hydrogens is 295 g/mol. The van der Waals surface area contributed by atoms with Crippen LogP contribution in [0.25, 0.3) is 0 Å². The largest absolute Gasteiger partial charge is 0.349 e. The number of rotatable bonds is 2. The van der Waals surface area contributed by atoms with Gasteiger partial charge in [0, 0.05) is 12.1 Å². The van der Waals surface area contributed by atoms with Crippen LogP contribution in [-0.2, 0) is 0 Å². The number of nitrogens with one attached hydrogen (secondary N) is 2. The molecule has 1 heterocycles. The molecule has 1 fully saturated rings. The number of halogens is 5. The van der Waals surface area contributed by atoms with Gasteiger partial charge in [-0.2, -0.15) is 0 Å². The normalized spacial score (nSPS) is 22.2. The van der Waals surface area contributed by atoms with Gasteiger partial charge in [-0.1, -0.05) is 0 Å². The van der Waals surface area contributed by atoms with E-state index in [0.717, 1.165) is 0 Å². The summed E-state index contributed by atoms with van der Waals surface area (Å²) in [4.78, 5) is 11.8. The third kappa shape index (κ3) is 2.99. The molecule has 1 aromatic rings. The predicted molar refractivity (Wildman–Crippen MR) is 64.2 cm³/mol. The highest BCUT2D eigenvalue weighted by Gasteiger charge is 2.31. The van der Waals surface area contributed by atoms with E-state index in [1.165, 1.54) is 0 Å².